The average Bonchev–Trinajstić information content (AvgIpc) is 2.54. The molecule has 0 saturated carbocycles. The first-order valence-corrected chi connectivity index (χ1v) is 7.68. The monoisotopic (exact) mass is 288 g/mol. The van der Waals surface area contributed by atoms with E-state index in [0.29, 0.717) is 0 Å². The van der Waals surface area contributed by atoms with Crippen LogP contribution < -0.4 is 10.6 Å². The number of para-hydroxylation sites is 1. The Morgan fingerprint density at radius 3 is 2.38 bits per heavy atom. The molecule has 0 atom stereocenters. The summed E-state index contributed by atoms with van der Waals surface area (Å²) in [6.07, 6.45) is 5.42. The lowest BCUT2D eigenvalue weighted by Crippen LogP contribution is -2.26. The molecule has 1 aliphatic heterocycles. The van der Waals surface area contributed by atoms with E-state index in [2.05, 4.69) is 36.6 Å². The Bertz CT molecular complexity index is 493. The third-order valence-electron chi connectivity index (χ3n) is 3.78. The number of nitrogens with one attached hydrogen (secondary N) is 2. The van der Waals surface area contributed by atoms with Crippen molar-refractivity contribution in [2.45, 2.75) is 39.5 Å². The average molecular weight is 288 g/mol. The van der Waals surface area contributed by atoms with Gasteiger partial charge in [0.05, 0.1) is 13.2 Å². The number of amides is 2. The number of carbonyl (C=O) groups is 1. The molecular weight excluding hydrogens is 264 g/mol. The topological polar surface area (TPSA) is 50.4 Å². The quantitative estimate of drug-likeness (QED) is 0.889. The standard InChI is InChI=1S/C17H24N2O2/c1-3-14-6-5-7-15(4-2)16(14)19-17(20)18-12-13-8-10-21-11-9-13/h5-7,12H,3-4,8-11H2,1-2H3,(H2,18,19,20). The lowest BCUT2D eigenvalue weighted by atomic mass is 10.0. The minimum absolute atomic E-state index is 0.176. The minimum atomic E-state index is -0.176. The predicted molar refractivity (Wildman–Crippen MR) is 85.5 cm³/mol. The van der Waals surface area contributed by atoms with Crippen molar-refractivity contribution in [2.24, 2.45) is 0 Å². The van der Waals surface area contributed by atoms with E-state index in [0.717, 1.165) is 44.6 Å². The summed E-state index contributed by atoms with van der Waals surface area (Å²) >= 11 is 0. The molecule has 1 saturated heterocycles. The van der Waals surface area contributed by atoms with Crippen molar-refractivity contribution in [2.75, 3.05) is 18.5 Å². The largest absolute Gasteiger partial charge is 0.381 e. The van der Waals surface area contributed by atoms with Crippen molar-refractivity contribution in [3.8, 4) is 0 Å². The maximum Gasteiger partial charge on any atom is 0.323 e. The van der Waals surface area contributed by atoms with Crippen LogP contribution in [0.5, 0.6) is 0 Å². The maximum atomic E-state index is 12.1. The Balaban J connectivity index is 2.02. The van der Waals surface area contributed by atoms with Crippen LogP contribution in [0.4, 0.5) is 10.5 Å². The van der Waals surface area contributed by atoms with Gasteiger partial charge in [-0.05, 0) is 42.4 Å². The first kappa shape index (κ1) is 15.6. The van der Waals surface area contributed by atoms with Crippen molar-refractivity contribution < 1.29 is 9.53 Å². The van der Waals surface area contributed by atoms with Gasteiger partial charge in [-0.15, -0.1) is 0 Å². The molecule has 0 aliphatic carbocycles. The fourth-order valence-corrected chi connectivity index (χ4v) is 2.50. The highest BCUT2D eigenvalue weighted by Crippen LogP contribution is 2.22. The van der Waals surface area contributed by atoms with Gasteiger partial charge in [-0.3, -0.25) is 0 Å². The summed E-state index contributed by atoms with van der Waals surface area (Å²) in [6.45, 7) is 5.69. The molecule has 1 aliphatic rings. The Morgan fingerprint density at radius 1 is 1.19 bits per heavy atom. The number of carbonyl (C=O) groups excluding carboxylic acids is 1. The van der Waals surface area contributed by atoms with Crippen LogP contribution in [0, 0.1) is 0 Å². The highest BCUT2D eigenvalue weighted by molar-refractivity contribution is 5.91. The minimum Gasteiger partial charge on any atom is -0.381 e. The molecule has 2 N–H and O–H groups in total. The molecule has 21 heavy (non-hydrogen) atoms. The van der Waals surface area contributed by atoms with E-state index in [1.165, 1.54) is 16.7 Å². The molecular formula is C17H24N2O2. The Labute approximate surface area is 126 Å². The van der Waals surface area contributed by atoms with E-state index in [4.69, 9.17) is 4.74 Å². The van der Waals surface area contributed by atoms with Crippen molar-refractivity contribution in [3.05, 3.63) is 41.1 Å². The number of rotatable bonds is 4. The molecule has 0 radical (unpaired) electrons. The van der Waals surface area contributed by atoms with E-state index in [-0.39, 0.29) is 6.03 Å². The molecule has 1 aromatic carbocycles. The van der Waals surface area contributed by atoms with Gasteiger partial charge in [-0.1, -0.05) is 32.0 Å². The van der Waals surface area contributed by atoms with Gasteiger partial charge in [0.2, 0.25) is 0 Å². The number of hydrogen-bond donors (Lipinski definition) is 2. The summed E-state index contributed by atoms with van der Waals surface area (Å²) in [7, 11) is 0. The van der Waals surface area contributed by atoms with Crippen LogP contribution in [0.15, 0.2) is 30.0 Å². The second kappa shape index (κ2) is 7.84. The van der Waals surface area contributed by atoms with Gasteiger partial charge in [-0.25, -0.2) is 4.79 Å². The summed E-state index contributed by atoms with van der Waals surface area (Å²) in [4.78, 5) is 12.1. The molecule has 4 heteroatoms. The fraction of sp³-hybridized carbons (Fsp3) is 0.471. The van der Waals surface area contributed by atoms with Crippen LogP contribution in [0.1, 0.15) is 37.8 Å². The zero-order valence-corrected chi connectivity index (χ0v) is 12.9. The molecule has 1 aromatic rings. The smallest absolute Gasteiger partial charge is 0.323 e. The Morgan fingerprint density at radius 2 is 1.81 bits per heavy atom. The first-order valence-electron chi connectivity index (χ1n) is 7.68. The van der Waals surface area contributed by atoms with E-state index < -0.39 is 0 Å². The van der Waals surface area contributed by atoms with Gasteiger partial charge in [0.15, 0.2) is 0 Å². The molecule has 0 unspecified atom stereocenters. The summed E-state index contributed by atoms with van der Waals surface area (Å²) in [5.41, 5.74) is 4.52. The highest BCUT2D eigenvalue weighted by Gasteiger charge is 2.10. The first-order chi connectivity index (χ1) is 10.2. The van der Waals surface area contributed by atoms with Crippen molar-refractivity contribution in [1.82, 2.24) is 5.32 Å². The van der Waals surface area contributed by atoms with E-state index in [9.17, 15) is 4.79 Å². The molecule has 1 heterocycles. The lowest BCUT2D eigenvalue weighted by Gasteiger charge is -2.16. The van der Waals surface area contributed by atoms with Gasteiger partial charge in [-0.2, -0.15) is 0 Å². The second-order valence-corrected chi connectivity index (χ2v) is 5.17. The normalized spacial score (nSPS) is 14.7. The molecule has 2 amide bonds. The van der Waals surface area contributed by atoms with Gasteiger partial charge in [0.25, 0.3) is 0 Å². The zero-order chi connectivity index (χ0) is 15.1. The third kappa shape index (κ3) is 4.33. The number of hydrogen-bond acceptors (Lipinski definition) is 2. The van der Waals surface area contributed by atoms with E-state index in [1.807, 2.05) is 12.3 Å². The molecule has 114 valence electrons. The number of urea groups is 1. The summed E-state index contributed by atoms with van der Waals surface area (Å²) < 4.78 is 5.29. The van der Waals surface area contributed by atoms with Gasteiger partial charge in [0.1, 0.15) is 0 Å². The van der Waals surface area contributed by atoms with Crippen LogP contribution in [-0.2, 0) is 17.6 Å². The molecule has 0 spiro atoms. The van der Waals surface area contributed by atoms with Crippen molar-refractivity contribution >= 4 is 11.7 Å². The molecule has 4 nitrogen and oxygen atoms in total. The van der Waals surface area contributed by atoms with Gasteiger partial charge in [0, 0.05) is 11.9 Å². The fourth-order valence-electron chi connectivity index (χ4n) is 2.50. The van der Waals surface area contributed by atoms with E-state index >= 15 is 0 Å². The predicted octanol–water partition coefficient (Wildman–Crippen LogP) is 3.63. The number of benzene rings is 1. The van der Waals surface area contributed by atoms with Crippen LogP contribution in [0.3, 0.4) is 0 Å². The maximum absolute atomic E-state index is 12.1. The number of ether oxygens (including phenoxy) is 1. The number of anilines is 1. The summed E-state index contributed by atoms with van der Waals surface area (Å²) in [5, 5.41) is 5.83. The molecule has 0 aromatic heterocycles. The Kier molecular flexibility index (Phi) is 5.81. The summed E-state index contributed by atoms with van der Waals surface area (Å²) in [5.74, 6) is 0. The summed E-state index contributed by atoms with van der Waals surface area (Å²) in [6, 6.07) is 5.99. The van der Waals surface area contributed by atoms with E-state index in [1.54, 1.807) is 0 Å². The molecule has 2 rings (SSSR count). The SMILES string of the molecule is CCc1cccc(CC)c1NC(=O)NC=C1CCOCC1. The third-order valence-corrected chi connectivity index (χ3v) is 3.78. The zero-order valence-electron chi connectivity index (χ0n) is 12.9. The van der Waals surface area contributed by atoms with Gasteiger partial charge < -0.3 is 15.4 Å². The van der Waals surface area contributed by atoms with Gasteiger partial charge >= 0.3 is 6.03 Å². The van der Waals surface area contributed by atoms with Crippen LogP contribution in [0.2, 0.25) is 0 Å². The van der Waals surface area contributed by atoms with Crippen molar-refractivity contribution in [3.63, 3.8) is 0 Å². The van der Waals surface area contributed by atoms with Crippen LogP contribution in [0.25, 0.3) is 0 Å². The lowest BCUT2D eigenvalue weighted by molar-refractivity contribution is 0.119. The second-order valence-electron chi connectivity index (χ2n) is 5.17. The molecule has 1 fully saturated rings. The van der Waals surface area contributed by atoms with Crippen LogP contribution >= 0.6 is 0 Å². The molecule has 0 bridgehead atoms. The Hall–Kier alpha value is -1.81. The number of aryl methyl sites for hydroxylation is 2. The van der Waals surface area contributed by atoms with Crippen LogP contribution in [-0.4, -0.2) is 19.2 Å². The highest BCUT2D eigenvalue weighted by atomic mass is 16.5. The van der Waals surface area contributed by atoms with Crippen molar-refractivity contribution in [1.29, 1.82) is 0 Å².